The molecule has 28 heavy (non-hydrogen) atoms. The van der Waals surface area contributed by atoms with E-state index in [1.807, 2.05) is 46.0 Å². The fourth-order valence-electron chi connectivity index (χ4n) is 4.30. The van der Waals surface area contributed by atoms with Gasteiger partial charge in [0.2, 0.25) is 0 Å². The Morgan fingerprint density at radius 1 is 1.18 bits per heavy atom. The topological polar surface area (TPSA) is 53.9 Å². The lowest BCUT2D eigenvalue weighted by Crippen LogP contribution is -2.39. The Morgan fingerprint density at radius 2 is 2.00 bits per heavy atom. The zero-order valence-electron chi connectivity index (χ0n) is 15.8. The van der Waals surface area contributed by atoms with Gasteiger partial charge in [0.25, 0.3) is 5.91 Å². The number of carbonyl (C=O) groups is 1. The second kappa shape index (κ2) is 6.68. The molecule has 1 atom stereocenters. The first-order chi connectivity index (χ1) is 13.7. The third-order valence-corrected chi connectivity index (χ3v) is 5.76. The lowest BCUT2D eigenvalue weighted by molar-refractivity contribution is 0.0673. The van der Waals surface area contributed by atoms with E-state index in [1.54, 1.807) is 12.5 Å². The molecule has 5 nitrogen and oxygen atoms in total. The lowest BCUT2D eigenvalue weighted by Gasteiger charge is -2.34. The van der Waals surface area contributed by atoms with Crippen molar-refractivity contribution >= 4 is 16.8 Å². The molecule has 1 unspecified atom stereocenters. The van der Waals surface area contributed by atoms with E-state index in [2.05, 4.69) is 35.1 Å². The molecule has 0 aliphatic carbocycles. The van der Waals surface area contributed by atoms with Crippen molar-refractivity contribution < 1.29 is 4.79 Å². The molecule has 3 heterocycles. The Kier molecular flexibility index (Phi) is 4.01. The summed E-state index contributed by atoms with van der Waals surface area (Å²) in [6.45, 7) is 3.49. The molecule has 5 rings (SSSR count). The largest absolute Gasteiger partial charge is 0.356 e. The molecular weight excluding hydrogens is 348 g/mol. The van der Waals surface area contributed by atoms with Gasteiger partial charge >= 0.3 is 0 Å². The van der Waals surface area contributed by atoms with Gasteiger partial charge in [-0.05, 0) is 36.6 Å². The van der Waals surface area contributed by atoms with Crippen LogP contribution in [0.25, 0.3) is 10.9 Å². The van der Waals surface area contributed by atoms with Crippen molar-refractivity contribution in [1.82, 2.24) is 19.4 Å². The molecule has 1 amide bonds. The summed E-state index contributed by atoms with van der Waals surface area (Å²) >= 11 is 0. The number of nitrogens with zero attached hydrogens (tertiary/aromatic N) is 3. The molecule has 2 aromatic carbocycles. The third kappa shape index (κ3) is 2.71. The molecule has 140 valence electrons. The van der Waals surface area contributed by atoms with Crippen LogP contribution in [0.3, 0.4) is 0 Å². The standard InChI is InChI=1S/C23H22N4O/c1-16-22-20(19-8-4-5-9-21(19)25-22)10-12-27(16)23(28)18-7-3-2-6-17(18)14-26-13-11-24-15-26/h2-9,11,13,15-16,25H,10,12,14H2,1H3. The molecule has 0 saturated heterocycles. The van der Waals surface area contributed by atoms with Crippen molar-refractivity contribution in [3.8, 4) is 0 Å². The van der Waals surface area contributed by atoms with Crippen LogP contribution in [0.4, 0.5) is 0 Å². The number of fused-ring (bicyclic) bond motifs is 3. The summed E-state index contributed by atoms with van der Waals surface area (Å²) in [6.07, 6.45) is 6.33. The van der Waals surface area contributed by atoms with Gasteiger partial charge < -0.3 is 14.5 Å². The molecule has 1 aliphatic rings. The first-order valence-electron chi connectivity index (χ1n) is 9.66. The van der Waals surface area contributed by atoms with Crippen molar-refractivity contribution in [2.75, 3.05) is 6.54 Å². The summed E-state index contributed by atoms with van der Waals surface area (Å²) in [7, 11) is 0. The number of H-pyrrole nitrogens is 1. The molecule has 0 fully saturated rings. The van der Waals surface area contributed by atoms with E-state index >= 15 is 0 Å². The summed E-state index contributed by atoms with van der Waals surface area (Å²) in [4.78, 5) is 23.1. The van der Waals surface area contributed by atoms with E-state index in [-0.39, 0.29) is 11.9 Å². The number of hydrogen-bond donors (Lipinski definition) is 1. The average molecular weight is 370 g/mol. The first kappa shape index (κ1) is 16.8. The predicted molar refractivity (Wildman–Crippen MR) is 109 cm³/mol. The molecule has 4 aromatic rings. The van der Waals surface area contributed by atoms with Crippen LogP contribution in [0, 0.1) is 0 Å². The Morgan fingerprint density at radius 3 is 2.86 bits per heavy atom. The van der Waals surface area contributed by atoms with Gasteiger partial charge in [-0.15, -0.1) is 0 Å². The van der Waals surface area contributed by atoms with E-state index in [4.69, 9.17) is 0 Å². The molecule has 0 radical (unpaired) electrons. The second-order valence-corrected chi connectivity index (χ2v) is 7.38. The van der Waals surface area contributed by atoms with E-state index in [9.17, 15) is 4.79 Å². The lowest BCUT2D eigenvalue weighted by atomic mass is 9.96. The van der Waals surface area contributed by atoms with Gasteiger partial charge in [0.15, 0.2) is 0 Å². The Bertz CT molecular complexity index is 1140. The van der Waals surface area contributed by atoms with E-state index in [0.717, 1.165) is 35.3 Å². The van der Waals surface area contributed by atoms with E-state index < -0.39 is 0 Å². The minimum absolute atomic E-state index is 0.0185. The maximum atomic E-state index is 13.5. The average Bonchev–Trinajstić information content (AvgIpc) is 3.36. The van der Waals surface area contributed by atoms with Gasteiger partial charge in [-0.3, -0.25) is 4.79 Å². The first-order valence-corrected chi connectivity index (χ1v) is 9.66. The molecule has 0 saturated carbocycles. The molecule has 0 bridgehead atoms. The molecule has 1 N–H and O–H groups in total. The van der Waals surface area contributed by atoms with Gasteiger partial charge in [-0.1, -0.05) is 36.4 Å². The summed E-state index contributed by atoms with van der Waals surface area (Å²) < 4.78 is 1.99. The number of amides is 1. The minimum atomic E-state index is 0.0185. The van der Waals surface area contributed by atoms with Crippen LogP contribution < -0.4 is 0 Å². The highest BCUT2D eigenvalue weighted by atomic mass is 16.2. The Hall–Kier alpha value is -3.34. The highest BCUT2D eigenvalue weighted by Crippen LogP contribution is 2.35. The fourth-order valence-corrected chi connectivity index (χ4v) is 4.30. The van der Waals surface area contributed by atoms with Crippen molar-refractivity contribution in [2.24, 2.45) is 0 Å². The highest BCUT2D eigenvalue weighted by molar-refractivity contribution is 5.96. The van der Waals surface area contributed by atoms with Crippen LogP contribution in [0.5, 0.6) is 0 Å². The molecular formula is C23H22N4O. The van der Waals surface area contributed by atoms with Gasteiger partial charge in [0.1, 0.15) is 0 Å². The van der Waals surface area contributed by atoms with Crippen molar-refractivity contribution in [1.29, 1.82) is 0 Å². The van der Waals surface area contributed by atoms with Crippen LogP contribution in [0.15, 0.2) is 67.3 Å². The number of rotatable bonds is 3. The van der Waals surface area contributed by atoms with Crippen molar-refractivity contribution in [3.63, 3.8) is 0 Å². The zero-order chi connectivity index (χ0) is 19.1. The number of aromatic amines is 1. The maximum Gasteiger partial charge on any atom is 0.254 e. The number of para-hydroxylation sites is 1. The van der Waals surface area contributed by atoms with Crippen molar-refractivity contribution in [3.05, 3.63) is 89.6 Å². The van der Waals surface area contributed by atoms with Gasteiger partial charge in [0, 0.05) is 47.6 Å². The second-order valence-electron chi connectivity index (χ2n) is 7.38. The van der Waals surface area contributed by atoms with E-state index in [1.165, 1.54) is 10.9 Å². The number of carbonyl (C=O) groups excluding carboxylic acids is 1. The van der Waals surface area contributed by atoms with Gasteiger partial charge in [-0.25, -0.2) is 4.98 Å². The van der Waals surface area contributed by atoms with Crippen LogP contribution >= 0.6 is 0 Å². The van der Waals surface area contributed by atoms with E-state index in [0.29, 0.717) is 6.54 Å². The predicted octanol–water partition coefficient (Wildman–Crippen LogP) is 4.17. The van der Waals surface area contributed by atoms with Crippen LogP contribution in [0.1, 0.15) is 40.1 Å². The van der Waals surface area contributed by atoms with Crippen molar-refractivity contribution in [2.45, 2.75) is 25.9 Å². The molecule has 5 heteroatoms. The quantitative estimate of drug-likeness (QED) is 0.588. The number of benzene rings is 2. The van der Waals surface area contributed by atoms with Gasteiger partial charge in [0.05, 0.1) is 12.4 Å². The van der Waals surface area contributed by atoms with Crippen LogP contribution in [-0.2, 0) is 13.0 Å². The Balaban J connectivity index is 1.48. The molecule has 0 spiro atoms. The maximum absolute atomic E-state index is 13.5. The zero-order valence-corrected chi connectivity index (χ0v) is 15.8. The summed E-state index contributed by atoms with van der Waals surface area (Å²) in [5, 5.41) is 1.27. The van der Waals surface area contributed by atoms with Gasteiger partial charge in [-0.2, -0.15) is 0 Å². The number of hydrogen-bond acceptors (Lipinski definition) is 2. The number of aromatic nitrogens is 3. The third-order valence-electron chi connectivity index (χ3n) is 5.76. The highest BCUT2D eigenvalue weighted by Gasteiger charge is 2.31. The smallest absolute Gasteiger partial charge is 0.254 e. The molecule has 2 aromatic heterocycles. The monoisotopic (exact) mass is 370 g/mol. The number of imidazole rings is 1. The van der Waals surface area contributed by atoms with Crippen LogP contribution in [0.2, 0.25) is 0 Å². The minimum Gasteiger partial charge on any atom is -0.356 e. The fraction of sp³-hybridized carbons (Fsp3) is 0.217. The summed E-state index contributed by atoms with van der Waals surface area (Å²) in [6, 6.07) is 16.3. The molecule has 1 aliphatic heterocycles. The Labute approximate surface area is 163 Å². The normalized spacial score (nSPS) is 16.3. The summed E-state index contributed by atoms with van der Waals surface area (Å²) in [5.74, 6) is 0.0903. The van der Waals surface area contributed by atoms with Crippen LogP contribution in [-0.4, -0.2) is 31.9 Å². The SMILES string of the molecule is CC1c2[nH]c3ccccc3c2CCN1C(=O)c1ccccc1Cn1ccnc1. The summed E-state index contributed by atoms with van der Waals surface area (Å²) in [5.41, 5.74) is 5.43. The number of nitrogens with one attached hydrogen (secondary N) is 1.